The number of pyridine rings is 1. The van der Waals surface area contributed by atoms with E-state index in [1.165, 1.54) is 23.4 Å². The van der Waals surface area contributed by atoms with Gasteiger partial charge in [-0.1, -0.05) is 18.2 Å². The average molecular weight is 373 g/mol. The van der Waals surface area contributed by atoms with E-state index < -0.39 is 5.09 Å². The number of rotatable bonds is 5. The van der Waals surface area contributed by atoms with Crippen LogP contribution in [0.4, 0.5) is 4.39 Å². The summed E-state index contributed by atoms with van der Waals surface area (Å²) >= 11 is 0. The summed E-state index contributed by atoms with van der Waals surface area (Å²) in [4.78, 5) is 12.7. The number of aryl methyl sites for hydroxylation is 1. The highest BCUT2D eigenvalue weighted by Gasteiger charge is 2.15. The molecule has 0 aliphatic heterocycles. The van der Waals surface area contributed by atoms with Crippen molar-refractivity contribution in [1.29, 1.82) is 0 Å². The summed E-state index contributed by atoms with van der Waals surface area (Å²) in [6.45, 7) is 9.07. The zero-order valence-electron chi connectivity index (χ0n) is 15.1. The van der Waals surface area contributed by atoms with Crippen LogP contribution < -0.4 is 4.74 Å². The minimum Gasteiger partial charge on any atom is -0.471 e. The molecule has 7 nitrogen and oxygen atoms in total. The van der Waals surface area contributed by atoms with Crippen molar-refractivity contribution in [2.75, 3.05) is 0 Å². The highest BCUT2D eigenvalue weighted by Crippen LogP contribution is 2.31. The standard InChI is InChI=1S/C19H19FN2O.HNO3/c1-4-11-22-14(3)13(2)17-9-10-21-19(18(17)22)23-12-15-5-7-16(20)8-6-15;2-1(3)4/h4-10H,1,11-12H2,2-3H3;(H,2,3,4). The number of aromatic nitrogens is 2. The first-order valence-corrected chi connectivity index (χ1v) is 8.11. The van der Waals surface area contributed by atoms with Crippen LogP contribution in [-0.4, -0.2) is 19.8 Å². The number of benzene rings is 1. The van der Waals surface area contributed by atoms with E-state index in [1.807, 2.05) is 12.1 Å². The monoisotopic (exact) mass is 373 g/mol. The van der Waals surface area contributed by atoms with Gasteiger partial charge in [0.2, 0.25) is 5.88 Å². The summed E-state index contributed by atoms with van der Waals surface area (Å²) in [5.41, 5.74) is 4.28. The maximum absolute atomic E-state index is 13.0. The lowest BCUT2D eigenvalue weighted by atomic mass is 10.2. The second-order valence-corrected chi connectivity index (χ2v) is 5.77. The Morgan fingerprint density at radius 1 is 1.33 bits per heavy atom. The molecular formula is C19H20FN3O4. The number of fused-ring (bicyclic) bond motifs is 1. The van der Waals surface area contributed by atoms with E-state index in [4.69, 9.17) is 20.1 Å². The topological polar surface area (TPSA) is 90.4 Å². The molecule has 0 saturated heterocycles. The Labute approximate surface area is 155 Å². The van der Waals surface area contributed by atoms with E-state index in [9.17, 15) is 4.39 Å². The van der Waals surface area contributed by atoms with Crippen molar-refractivity contribution >= 4 is 10.9 Å². The van der Waals surface area contributed by atoms with E-state index in [1.54, 1.807) is 18.3 Å². The normalized spacial score (nSPS) is 10.2. The third-order valence-electron chi connectivity index (χ3n) is 4.11. The predicted molar refractivity (Wildman–Crippen MR) is 98.9 cm³/mol. The maximum Gasteiger partial charge on any atom is 0.291 e. The number of halogens is 1. The predicted octanol–water partition coefficient (Wildman–Crippen LogP) is 4.21. The van der Waals surface area contributed by atoms with Gasteiger partial charge in [0.15, 0.2) is 0 Å². The minimum absolute atomic E-state index is 0.250. The first kappa shape index (κ1) is 19.9. The summed E-state index contributed by atoms with van der Waals surface area (Å²) in [6.07, 6.45) is 3.62. The third kappa shape index (κ3) is 4.81. The van der Waals surface area contributed by atoms with Gasteiger partial charge in [-0.3, -0.25) is 0 Å². The summed E-state index contributed by atoms with van der Waals surface area (Å²) in [7, 11) is 0. The van der Waals surface area contributed by atoms with Crippen molar-refractivity contribution in [3.8, 4) is 5.88 Å². The van der Waals surface area contributed by atoms with Crippen LogP contribution in [-0.2, 0) is 13.2 Å². The molecule has 0 bridgehead atoms. The minimum atomic E-state index is -1.50. The van der Waals surface area contributed by atoms with Crippen LogP contribution in [0, 0.1) is 29.8 Å². The van der Waals surface area contributed by atoms with Gasteiger partial charge in [0, 0.05) is 23.8 Å². The first-order valence-electron chi connectivity index (χ1n) is 8.11. The van der Waals surface area contributed by atoms with Gasteiger partial charge < -0.3 is 14.5 Å². The van der Waals surface area contributed by atoms with Crippen molar-refractivity contribution < 1.29 is 19.4 Å². The molecule has 0 saturated carbocycles. The molecular weight excluding hydrogens is 353 g/mol. The van der Waals surface area contributed by atoms with E-state index in [0.717, 1.165) is 16.5 Å². The Balaban J connectivity index is 0.000000596. The molecule has 142 valence electrons. The van der Waals surface area contributed by atoms with Gasteiger partial charge in [-0.2, -0.15) is 0 Å². The summed E-state index contributed by atoms with van der Waals surface area (Å²) in [5.74, 6) is 0.338. The summed E-state index contributed by atoms with van der Waals surface area (Å²) < 4.78 is 21.0. The molecule has 3 rings (SSSR count). The van der Waals surface area contributed by atoms with E-state index in [2.05, 4.69) is 30.0 Å². The number of ether oxygens (including phenoxy) is 1. The van der Waals surface area contributed by atoms with E-state index in [-0.39, 0.29) is 5.82 Å². The SMILES string of the molecule is C=CCn1c(C)c(C)c2ccnc(OCc3ccc(F)cc3)c21.O=[N+]([O-])O. The van der Waals surface area contributed by atoms with Crippen molar-refractivity contribution in [3.05, 3.63) is 81.9 Å². The van der Waals surface area contributed by atoms with Gasteiger partial charge in [0.25, 0.3) is 5.09 Å². The van der Waals surface area contributed by atoms with Crippen LogP contribution in [0.25, 0.3) is 10.9 Å². The summed E-state index contributed by atoms with van der Waals surface area (Å²) in [5, 5.41) is 14.8. The Morgan fingerprint density at radius 3 is 2.56 bits per heavy atom. The van der Waals surface area contributed by atoms with Gasteiger partial charge in [-0.05, 0) is 43.2 Å². The average Bonchev–Trinajstić information content (AvgIpc) is 2.87. The van der Waals surface area contributed by atoms with Crippen LogP contribution in [0.3, 0.4) is 0 Å². The molecule has 0 atom stereocenters. The molecule has 0 amide bonds. The molecule has 0 aliphatic carbocycles. The largest absolute Gasteiger partial charge is 0.471 e. The molecule has 1 N–H and O–H groups in total. The van der Waals surface area contributed by atoms with Crippen molar-refractivity contribution in [2.45, 2.75) is 27.0 Å². The van der Waals surface area contributed by atoms with Crippen LogP contribution in [0.15, 0.2) is 49.2 Å². The molecule has 3 aromatic rings. The van der Waals surface area contributed by atoms with Gasteiger partial charge in [0.1, 0.15) is 17.9 Å². The zero-order chi connectivity index (χ0) is 20.0. The molecule has 0 fully saturated rings. The van der Waals surface area contributed by atoms with Gasteiger partial charge in [0.05, 0.1) is 0 Å². The van der Waals surface area contributed by atoms with Gasteiger partial charge in [-0.15, -0.1) is 16.7 Å². The van der Waals surface area contributed by atoms with Crippen LogP contribution in [0.2, 0.25) is 0 Å². The van der Waals surface area contributed by atoms with Crippen LogP contribution in [0.5, 0.6) is 5.88 Å². The molecule has 1 aromatic carbocycles. The summed E-state index contributed by atoms with van der Waals surface area (Å²) in [6, 6.07) is 8.30. The fourth-order valence-electron chi connectivity index (χ4n) is 2.76. The third-order valence-corrected chi connectivity index (χ3v) is 4.11. The number of hydrogen-bond donors (Lipinski definition) is 1. The molecule has 0 radical (unpaired) electrons. The molecule has 2 heterocycles. The second kappa shape index (κ2) is 8.79. The lowest BCUT2D eigenvalue weighted by Gasteiger charge is -2.10. The van der Waals surface area contributed by atoms with E-state index in [0.29, 0.717) is 19.0 Å². The Morgan fingerprint density at radius 2 is 1.96 bits per heavy atom. The van der Waals surface area contributed by atoms with Gasteiger partial charge >= 0.3 is 0 Å². The highest BCUT2D eigenvalue weighted by molar-refractivity contribution is 5.88. The molecule has 2 aromatic heterocycles. The first-order chi connectivity index (χ1) is 12.8. The maximum atomic E-state index is 13.0. The molecule has 0 spiro atoms. The van der Waals surface area contributed by atoms with Crippen molar-refractivity contribution in [2.24, 2.45) is 0 Å². The Kier molecular flexibility index (Phi) is 6.48. The lowest BCUT2D eigenvalue weighted by molar-refractivity contribution is -0.742. The number of allylic oxidation sites excluding steroid dienone is 1. The lowest BCUT2D eigenvalue weighted by Crippen LogP contribution is -2.02. The number of hydrogen-bond acceptors (Lipinski definition) is 4. The van der Waals surface area contributed by atoms with Crippen molar-refractivity contribution in [1.82, 2.24) is 9.55 Å². The molecule has 0 unspecified atom stereocenters. The number of nitrogens with zero attached hydrogens (tertiary/aromatic N) is 3. The van der Waals surface area contributed by atoms with Crippen LogP contribution >= 0.6 is 0 Å². The second-order valence-electron chi connectivity index (χ2n) is 5.77. The quantitative estimate of drug-likeness (QED) is 0.411. The smallest absolute Gasteiger partial charge is 0.291 e. The highest BCUT2D eigenvalue weighted by atomic mass is 19.1. The molecule has 0 aliphatic rings. The molecule has 27 heavy (non-hydrogen) atoms. The molecule has 8 heteroatoms. The Hall–Kier alpha value is -3.42. The zero-order valence-corrected chi connectivity index (χ0v) is 15.1. The fourth-order valence-corrected chi connectivity index (χ4v) is 2.76. The van der Waals surface area contributed by atoms with Gasteiger partial charge in [-0.25, -0.2) is 9.37 Å². The fraction of sp³-hybridized carbons (Fsp3) is 0.211. The van der Waals surface area contributed by atoms with E-state index >= 15 is 0 Å². The van der Waals surface area contributed by atoms with Crippen LogP contribution in [0.1, 0.15) is 16.8 Å². The Bertz CT molecular complexity index is 948. The van der Waals surface area contributed by atoms with Crippen molar-refractivity contribution in [3.63, 3.8) is 0 Å².